The second-order valence-electron chi connectivity index (χ2n) is 6.20. The number of nitrogens with zero attached hydrogens (tertiary/aromatic N) is 1. The van der Waals surface area contributed by atoms with Gasteiger partial charge in [-0.25, -0.2) is 0 Å². The summed E-state index contributed by atoms with van der Waals surface area (Å²) in [4.78, 5) is 25.5. The summed E-state index contributed by atoms with van der Waals surface area (Å²) in [6.45, 7) is 8.38. The van der Waals surface area contributed by atoms with E-state index in [1.165, 1.54) is 4.90 Å². The molecule has 0 atom stereocenters. The molecule has 0 saturated carbocycles. The summed E-state index contributed by atoms with van der Waals surface area (Å²) in [6, 6.07) is 0. The highest BCUT2D eigenvalue weighted by Crippen LogP contribution is 2.30. The van der Waals surface area contributed by atoms with E-state index in [1.807, 2.05) is 13.8 Å². The molecule has 0 aliphatic heterocycles. The third-order valence-electron chi connectivity index (χ3n) is 3.72. The van der Waals surface area contributed by atoms with Gasteiger partial charge in [0.05, 0.1) is 12.0 Å². The van der Waals surface area contributed by atoms with E-state index in [4.69, 9.17) is 10.5 Å². The second kappa shape index (κ2) is 7.59. The highest BCUT2D eigenvalue weighted by molar-refractivity contribution is 5.88. The molecular weight excluding hydrogens is 258 g/mol. The van der Waals surface area contributed by atoms with Crippen molar-refractivity contribution in [1.82, 2.24) is 10.2 Å². The largest absolute Gasteiger partial charge is 0.385 e. The molecule has 0 aliphatic carbocycles. The molecule has 6 nitrogen and oxygen atoms in total. The van der Waals surface area contributed by atoms with Gasteiger partial charge >= 0.3 is 0 Å². The maximum Gasteiger partial charge on any atom is 0.239 e. The van der Waals surface area contributed by atoms with Crippen LogP contribution in [0, 0.1) is 5.41 Å². The van der Waals surface area contributed by atoms with E-state index in [2.05, 4.69) is 5.32 Å². The first-order valence-corrected chi connectivity index (χ1v) is 6.84. The molecule has 0 aromatic carbocycles. The quantitative estimate of drug-likeness (QED) is 0.631. The lowest BCUT2D eigenvalue weighted by Gasteiger charge is -2.39. The normalized spacial score (nSPS) is 12.2. The molecule has 0 heterocycles. The number of carbonyl (C=O) groups excluding carboxylic acids is 2. The van der Waals surface area contributed by atoms with Gasteiger partial charge in [0, 0.05) is 32.8 Å². The van der Waals surface area contributed by atoms with Gasteiger partial charge in [0.25, 0.3) is 0 Å². The van der Waals surface area contributed by atoms with Crippen LogP contribution in [-0.4, -0.2) is 56.1 Å². The Balaban J connectivity index is 4.36. The first-order chi connectivity index (χ1) is 9.04. The second-order valence-corrected chi connectivity index (χ2v) is 6.20. The van der Waals surface area contributed by atoms with Gasteiger partial charge in [0.2, 0.25) is 11.8 Å². The molecular formula is C14H29N3O3. The highest BCUT2D eigenvalue weighted by atomic mass is 16.5. The van der Waals surface area contributed by atoms with Crippen molar-refractivity contribution in [3.05, 3.63) is 0 Å². The predicted molar refractivity (Wildman–Crippen MR) is 79.2 cm³/mol. The van der Waals surface area contributed by atoms with Gasteiger partial charge in [-0.2, -0.15) is 0 Å². The summed E-state index contributed by atoms with van der Waals surface area (Å²) >= 11 is 0. The Hall–Kier alpha value is -1.14. The molecule has 0 aromatic heterocycles. The minimum absolute atomic E-state index is 0.0331. The molecule has 0 aliphatic rings. The van der Waals surface area contributed by atoms with Crippen LogP contribution in [0.3, 0.4) is 0 Å². The summed E-state index contributed by atoms with van der Waals surface area (Å²) in [5.41, 5.74) is 4.64. The number of nitrogens with two attached hydrogens (primary N) is 1. The van der Waals surface area contributed by atoms with Gasteiger partial charge in [-0.15, -0.1) is 0 Å². The zero-order valence-electron chi connectivity index (χ0n) is 13.6. The molecule has 0 fully saturated rings. The predicted octanol–water partition coefficient (Wildman–Crippen LogP) is 0.361. The third kappa shape index (κ3) is 5.46. The standard InChI is InChI=1S/C14H29N3O3/c1-13(2,14(3,4)15)12(19)17(5)10-11(18)16-8-7-9-20-6/h7-10,15H2,1-6H3,(H,16,18). The highest BCUT2D eigenvalue weighted by Gasteiger charge is 2.42. The zero-order chi connectivity index (χ0) is 16.0. The number of methoxy groups -OCH3 is 1. The van der Waals surface area contributed by atoms with Gasteiger partial charge in [-0.05, 0) is 34.1 Å². The molecule has 0 rings (SSSR count). The summed E-state index contributed by atoms with van der Waals surface area (Å²) in [6.07, 6.45) is 0.751. The number of ether oxygens (including phenoxy) is 1. The molecule has 0 unspecified atom stereocenters. The van der Waals surface area contributed by atoms with Crippen LogP contribution in [-0.2, 0) is 14.3 Å². The molecule has 118 valence electrons. The van der Waals surface area contributed by atoms with Crippen LogP contribution in [0.2, 0.25) is 0 Å². The maximum absolute atomic E-state index is 12.4. The zero-order valence-corrected chi connectivity index (χ0v) is 13.6. The minimum Gasteiger partial charge on any atom is -0.385 e. The molecule has 2 amide bonds. The van der Waals surface area contributed by atoms with E-state index in [9.17, 15) is 9.59 Å². The molecule has 3 N–H and O–H groups in total. The van der Waals surface area contributed by atoms with E-state index < -0.39 is 11.0 Å². The van der Waals surface area contributed by atoms with Crippen molar-refractivity contribution in [1.29, 1.82) is 0 Å². The average molecular weight is 287 g/mol. The lowest BCUT2D eigenvalue weighted by Crippen LogP contribution is -2.56. The van der Waals surface area contributed by atoms with Crippen molar-refractivity contribution in [2.45, 2.75) is 39.7 Å². The molecule has 0 radical (unpaired) electrons. The first-order valence-electron chi connectivity index (χ1n) is 6.84. The molecule has 0 aromatic rings. The van der Waals surface area contributed by atoms with E-state index >= 15 is 0 Å². The van der Waals surface area contributed by atoms with Crippen molar-refractivity contribution < 1.29 is 14.3 Å². The van der Waals surface area contributed by atoms with Crippen LogP contribution in [0.1, 0.15) is 34.1 Å². The van der Waals surface area contributed by atoms with Gasteiger partial charge in [-0.1, -0.05) is 0 Å². The number of amides is 2. The fourth-order valence-corrected chi connectivity index (χ4v) is 1.54. The Kier molecular flexibility index (Phi) is 7.16. The van der Waals surface area contributed by atoms with Crippen LogP contribution in [0.25, 0.3) is 0 Å². The number of rotatable bonds is 8. The molecule has 0 saturated heterocycles. The molecule has 0 bridgehead atoms. The Morgan fingerprint density at radius 2 is 1.80 bits per heavy atom. The fraction of sp³-hybridized carbons (Fsp3) is 0.857. The van der Waals surface area contributed by atoms with Gasteiger partial charge in [0.1, 0.15) is 0 Å². The Labute approximate surface area is 122 Å². The number of hydrogen-bond donors (Lipinski definition) is 2. The van der Waals surface area contributed by atoms with Crippen LogP contribution >= 0.6 is 0 Å². The summed E-state index contributed by atoms with van der Waals surface area (Å²) in [5, 5.41) is 2.75. The summed E-state index contributed by atoms with van der Waals surface area (Å²) in [7, 11) is 3.23. The van der Waals surface area contributed by atoms with E-state index in [0.717, 1.165) is 6.42 Å². The SMILES string of the molecule is COCCCNC(=O)CN(C)C(=O)C(C)(C)C(C)(C)N. The van der Waals surface area contributed by atoms with Crippen LogP contribution in [0.15, 0.2) is 0 Å². The van der Waals surface area contributed by atoms with Gasteiger partial charge in [-0.3, -0.25) is 9.59 Å². The maximum atomic E-state index is 12.4. The van der Waals surface area contributed by atoms with E-state index in [0.29, 0.717) is 13.2 Å². The average Bonchev–Trinajstić information content (AvgIpc) is 2.32. The fourth-order valence-electron chi connectivity index (χ4n) is 1.54. The topological polar surface area (TPSA) is 84.7 Å². The lowest BCUT2D eigenvalue weighted by molar-refractivity contribution is -0.144. The van der Waals surface area contributed by atoms with Crippen LogP contribution in [0.5, 0.6) is 0 Å². The van der Waals surface area contributed by atoms with Gasteiger partial charge < -0.3 is 20.7 Å². The number of carbonyl (C=O) groups is 2. The van der Waals surface area contributed by atoms with Crippen LogP contribution in [0.4, 0.5) is 0 Å². The number of nitrogens with one attached hydrogen (secondary N) is 1. The van der Waals surface area contributed by atoms with E-state index in [-0.39, 0.29) is 18.4 Å². The Bertz CT molecular complexity index is 335. The number of hydrogen-bond acceptors (Lipinski definition) is 4. The lowest BCUT2D eigenvalue weighted by atomic mass is 9.74. The monoisotopic (exact) mass is 287 g/mol. The van der Waals surface area contributed by atoms with Crippen molar-refractivity contribution in [2.75, 3.05) is 33.9 Å². The smallest absolute Gasteiger partial charge is 0.239 e. The summed E-state index contributed by atoms with van der Waals surface area (Å²) in [5.74, 6) is -0.320. The van der Waals surface area contributed by atoms with E-state index in [1.54, 1.807) is 28.0 Å². The van der Waals surface area contributed by atoms with Crippen molar-refractivity contribution in [3.8, 4) is 0 Å². The minimum atomic E-state index is -0.738. The summed E-state index contributed by atoms with van der Waals surface area (Å²) < 4.78 is 4.90. The molecule has 0 spiro atoms. The Morgan fingerprint density at radius 3 is 2.25 bits per heavy atom. The molecule has 6 heteroatoms. The first kappa shape index (κ1) is 18.9. The van der Waals surface area contributed by atoms with Crippen molar-refractivity contribution in [3.63, 3.8) is 0 Å². The molecule has 20 heavy (non-hydrogen) atoms. The van der Waals surface area contributed by atoms with Crippen molar-refractivity contribution >= 4 is 11.8 Å². The number of likely N-dealkylation sites (N-methyl/N-ethyl adjacent to an activating group) is 1. The van der Waals surface area contributed by atoms with Gasteiger partial charge in [0.15, 0.2) is 0 Å². The van der Waals surface area contributed by atoms with Crippen LogP contribution < -0.4 is 11.1 Å². The third-order valence-corrected chi connectivity index (χ3v) is 3.72. The Morgan fingerprint density at radius 1 is 1.25 bits per heavy atom. The van der Waals surface area contributed by atoms with Crippen molar-refractivity contribution in [2.24, 2.45) is 11.1 Å².